The Balaban J connectivity index is 0.00000158. The number of aryl methyl sites for hydroxylation is 1. The van der Waals surface area contributed by atoms with Gasteiger partial charge in [0.1, 0.15) is 5.39 Å². The quantitative estimate of drug-likeness (QED) is 0.326. The SMILES string of the molecule is C=CCn1c(=O)c2cnc(Nc3ccc(N4CCN(C)CC4)cc3)nc2n1-c1ccc2c(n1)C(CC)CC2.CC. The number of fused-ring (bicyclic) bond motifs is 2. The van der Waals surface area contributed by atoms with Crippen molar-refractivity contribution in [1.29, 1.82) is 0 Å². The van der Waals surface area contributed by atoms with E-state index in [1.807, 2.05) is 36.7 Å². The molecule has 1 unspecified atom stereocenters. The molecule has 40 heavy (non-hydrogen) atoms. The third-order valence-corrected chi connectivity index (χ3v) is 7.83. The number of aromatic nitrogens is 5. The molecular formula is C31H40N8O. The van der Waals surface area contributed by atoms with Crippen LogP contribution in [0.4, 0.5) is 17.3 Å². The van der Waals surface area contributed by atoms with Gasteiger partial charge in [-0.2, -0.15) is 4.98 Å². The number of anilines is 3. The second kappa shape index (κ2) is 12.0. The molecule has 1 atom stereocenters. The molecular weight excluding hydrogens is 500 g/mol. The van der Waals surface area contributed by atoms with Crippen LogP contribution in [-0.4, -0.2) is 62.4 Å². The smallest absolute Gasteiger partial charge is 0.278 e. The molecule has 1 aliphatic heterocycles. The van der Waals surface area contributed by atoms with Crippen LogP contribution in [-0.2, 0) is 13.0 Å². The average Bonchev–Trinajstić information content (AvgIpc) is 3.52. The van der Waals surface area contributed by atoms with Gasteiger partial charge in [0.05, 0.1) is 6.54 Å². The summed E-state index contributed by atoms with van der Waals surface area (Å²) in [4.78, 5) is 32.3. The lowest BCUT2D eigenvalue weighted by Crippen LogP contribution is -2.44. The zero-order valence-corrected chi connectivity index (χ0v) is 24.1. The van der Waals surface area contributed by atoms with Crippen molar-refractivity contribution in [2.45, 2.75) is 52.5 Å². The molecule has 9 heteroatoms. The fourth-order valence-corrected chi connectivity index (χ4v) is 5.60. The highest BCUT2D eigenvalue weighted by Gasteiger charge is 2.25. The summed E-state index contributed by atoms with van der Waals surface area (Å²) >= 11 is 0. The fourth-order valence-electron chi connectivity index (χ4n) is 5.60. The Morgan fingerprint density at radius 1 is 1.05 bits per heavy atom. The Labute approximate surface area is 236 Å². The lowest BCUT2D eigenvalue weighted by Gasteiger charge is -2.34. The molecule has 210 valence electrons. The summed E-state index contributed by atoms with van der Waals surface area (Å²) in [7, 11) is 2.16. The molecule has 1 saturated heterocycles. The number of benzene rings is 1. The molecule has 1 fully saturated rings. The van der Waals surface area contributed by atoms with Crippen molar-refractivity contribution in [2.24, 2.45) is 0 Å². The molecule has 4 aromatic rings. The van der Waals surface area contributed by atoms with E-state index in [9.17, 15) is 4.79 Å². The summed E-state index contributed by atoms with van der Waals surface area (Å²) in [5, 5.41) is 3.77. The second-order valence-electron chi connectivity index (χ2n) is 10.2. The average molecular weight is 541 g/mol. The van der Waals surface area contributed by atoms with Crippen molar-refractivity contribution in [1.82, 2.24) is 29.2 Å². The summed E-state index contributed by atoms with van der Waals surface area (Å²) in [6.07, 6.45) is 6.55. The highest BCUT2D eigenvalue weighted by atomic mass is 16.1. The molecule has 0 bridgehead atoms. The van der Waals surface area contributed by atoms with Gasteiger partial charge in [-0.05, 0) is 62.2 Å². The van der Waals surface area contributed by atoms with Crippen molar-refractivity contribution in [3.05, 3.63) is 76.9 Å². The van der Waals surface area contributed by atoms with Gasteiger partial charge in [-0.1, -0.05) is 32.9 Å². The minimum atomic E-state index is -0.155. The van der Waals surface area contributed by atoms with Gasteiger partial charge in [0.2, 0.25) is 5.95 Å². The molecule has 0 amide bonds. The van der Waals surface area contributed by atoms with Crippen LogP contribution in [0.2, 0.25) is 0 Å². The molecule has 6 rings (SSSR count). The summed E-state index contributed by atoms with van der Waals surface area (Å²) in [6, 6.07) is 12.5. The van der Waals surface area contributed by atoms with Crippen molar-refractivity contribution in [2.75, 3.05) is 43.4 Å². The zero-order valence-electron chi connectivity index (χ0n) is 24.1. The minimum Gasteiger partial charge on any atom is -0.369 e. The largest absolute Gasteiger partial charge is 0.369 e. The van der Waals surface area contributed by atoms with E-state index >= 15 is 0 Å². The van der Waals surface area contributed by atoms with Crippen LogP contribution in [0.25, 0.3) is 16.9 Å². The first-order valence-electron chi connectivity index (χ1n) is 14.5. The molecule has 1 aliphatic carbocycles. The zero-order chi connectivity index (χ0) is 28.2. The molecule has 3 aromatic heterocycles. The summed E-state index contributed by atoms with van der Waals surface area (Å²) in [6.45, 7) is 14.6. The van der Waals surface area contributed by atoms with E-state index in [4.69, 9.17) is 9.97 Å². The number of likely N-dealkylation sites (N-methyl/N-ethyl adjacent to an activating group) is 1. The maximum atomic E-state index is 13.3. The predicted octanol–water partition coefficient (Wildman–Crippen LogP) is 5.12. The first-order chi connectivity index (χ1) is 19.6. The standard InChI is InChI=1S/C29H34N8O.C2H6/c1-4-14-36-28(38)24-19-30-29(31-22-9-11-23(12-10-22)35-17-15-34(3)16-18-35)33-27(24)37(36)25-13-8-21-7-6-20(5-2)26(21)32-25;1-2/h4,8-13,19-20H,1,5-7,14-18H2,2-3H3,(H,30,31,33);1-2H3. The van der Waals surface area contributed by atoms with Crippen molar-refractivity contribution >= 4 is 28.4 Å². The predicted molar refractivity (Wildman–Crippen MR) is 163 cm³/mol. The molecule has 1 aromatic carbocycles. The lowest BCUT2D eigenvalue weighted by molar-refractivity contribution is 0.313. The van der Waals surface area contributed by atoms with E-state index in [2.05, 4.69) is 58.9 Å². The van der Waals surface area contributed by atoms with Gasteiger partial charge in [-0.15, -0.1) is 6.58 Å². The van der Waals surface area contributed by atoms with E-state index in [0.717, 1.165) is 56.8 Å². The van der Waals surface area contributed by atoms with E-state index in [1.54, 1.807) is 17.0 Å². The Morgan fingerprint density at radius 2 is 1.80 bits per heavy atom. The van der Waals surface area contributed by atoms with Gasteiger partial charge in [0.15, 0.2) is 11.5 Å². The van der Waals surface area contributed by atoms with Crippen LogP contribution in [0.3, 0.4) is 0 Å². The first kappa shape index (κ1) is 27.6. The Bertz CT molecular complexity index is 1530. The maximum Gasteiger partial charge on any atom is 0.278 e. The van der Waals surface area contributed by atoms with Gasteiger partial charge in [-0.25, -0.2) is 19.3 Å². The maximum absolute atomic E-state index is 13.3. The Morgan fingerprint density at radius 3 is 2.50 bits per heavy atom. The number of pyridine rings is 1. The van der Waals surface area contributed by atoms with E-state index < -0.39 is 0 Å². The van der Waals surface area contributed by atoms with Gasteiger partial charge in [-0.3, -0.25) is 4.79 Å². The van der Waals surface area contributed by atoms with E-state index in [1.165, 1.54) is 11.3 Å². The number of nitrogens with zero attached hydrogens (tertiary/aromatic N) is 7. The van der Waals surface area contributed by atoms with E-state index in [-0.39, 0.29) is 5.56 Å². The fraction of sp³-hybridized carbons (Fsp3) is 0.419. The minimum absolute atomic E-state index is 0.155. The molecule has 1 N–H and O–H groups in total. The van der Waals surface area contributed by atoms with Crippen LogP contribution < -0.4 is 15.8 Å². The molecule has 2 aliphatic rings. The summed E-state index contributed by atoms with van der Waals surface area (Å²) < 4.78 is 3.44. The van der Waals surface area contributed by atoms with Crippen molar-refractivity contribution in [3.63, 3.8) is 0 Å². The number of allylic oxidation sites excluding steroid dienone is 1. The van der Waals surface area contributed by atoms with Gasteiger partial charge < -0.3 is 15.1 Å². The van der Waals surface area contributed by atoms with Crippen molar-refractivity contribution < 1.29 is 0 Å². The van der Waals surface area contributed by atoms with E-state index in [0.29, 0.717) is 35.3 Å². The summed E-state index contributed by atoms with van der Waals surface area (Å²) in [5.41, 5.74) is 4.91. The monoisotopic (exact) mass is 540 g/mol. The van der Waals surface area contributed by atoms with Crippen LogP contribution in [0.1, 0.15) is 50.8 Å². The number of hydrogen-bond acceptors (Lipinski definition) is 7. The number of rotatable bonds is 7. The second-order valence-corrected chi connectivity index (χ2v) is 10.2. The molecule has 0 spiro atoms. The topological polar surface area (TPSA) is 84.1 Å². The molecule has 9 nitrogen and oxygen atoms in total. The van der Waals surface area contributed by atoms with Gasteiger partial charge in [0, 0.05) is 55.4 Å². The Hall–Kier alpha value is -3.98. The van der Waals surface area contributed by atoms with Gasteiger partial charge in [0.25, 0.3) is 5.56 Å². The van der Waals surface area contributed by atoms with Crippen LogP contribution in [0.15, 0.2) is 60.0 Å². The number of piperazine rings is 1. The molecule has 0 saturated carbocycles. The highest BCUT2D eigenvalue weighted by Crippen LogP contribution is 2.34. The summed E-state index contributed by atoms with van der Waals surface area (Å²) in [5.74, 6) is 1.58. The first-order valence-corrected chi connectivity index (χ1v) is 14.5. The van der Waals surface area contributed by atoms with Gasteiger partial charge >= 0.3 is 0 Å². The molecule has 4 heterocycles. The third kappa shape index (κ3) is 5.25. The number of hydrogen-bond donors (Lipinski definition) is 1. The number of nitrogens with one attached hydrogen (secondary N) is 1. The third-order valence-electron chi connectivity index (χ3n) is 7.83. The molecule has 0 radical (unpaired) electrons. The Kier molecular flexibility index (Phi) is 8.30. The van der Waals surface area contributed by atoms with Crippen LogP contribution in [0.5, 0.6) is 0 Å². The van der Waals surface area contributed by atoms with Crippen LogP contribution >= 0.6 is 0 Å². The normalized spacial score (nSPS) is 16.9. The highest BCUT2D eigenvalue weighted by molar-refractivity contribution is 5.77. The van der Waals surface area contributed by atoms with Crippen LogP contribution in [0, 0.1) is 0 Å². The van der Waals surface area contributed by atoms with Crippen molar-refractivity contribution in [3.8, 4) is 5.82 Å². The lowest BCUT2D eigenvalue weighted by atomic mass is 10.0.